The van der Waals surface area contributed by atoms with E-state index < -0.39 is 0 Å². The molecule has 19 heavy (non-hydrogen) atoms. The van der Waals surface area contributed by atoms with Gasteiger partial charge in [0.1, 0.15) is 5.82 Å². The van der Waals surface area contributed by atoms with Crippen molar-refractivity contribution in [3.63, 3.8) is 0 Å². The Morgan fingerprint density at radius 1 is 1.26 bits per heavy atom. The van der Waals surface area contributed by atoms with Gasteiger partial charge in [-0.15, -0.1) is 0 Å². The maximum atomic E-state index is 13.3. The van der Waals surface area contributed by atoms with Crippen LogP contribution in [0.1, 0.15) is 24.8 Å². The van der Waals surface area contributed by atoms with Crippen molar-refractivity contribution >= 4 is 5.69 Å². The van der Waals surface area contributed by atoms with Crippen LogP contribution in [0.3, 0.4) is 0 Å². The highest BCUT2D eigenvalue weighted by atomic mass is 19.1. The molecular weight excluding hydrogens is 241 g/mol. The molecule has 0 radical (unpaired) electrons. The van der Waals surface area contributed by atoms with Gasteiger partial charge in [-0.2, -0.15) is 0 Å². The first kappa shape index (κ1) is 14.3. The Hall–Kier alpha value is -1.13. The molecule has 2 N–H and O–H groups in total. The summed E-state index contributed by atoms with van der Waals surface area (Å²) < 4.78 is 13.3. The highest BCUT2D eigenvalue weighted by Crippen LogP contribution is 2.37. The van der Waals surface area contributed by atoms with Crippen LogP contribution < -0.4 is 10.6 Å². The van der Waals surface area contributed by atoms with E-state index in [1.807, 2.05) is 6.07 Å². The van der Waals surface area contributed by atoms with E-state index in [0.29, 0.717) is 6.54 Å². The molecule has 0 aliphatic heterocycles. The second kappa shape index (κ2) is 5.47. The van der Waals surface area contributed by atoms with Gasteiger partial charge in [0.25, 0.3) is 0 Å². The molecule has 1 aromatic carbocycles. The monoisotopic (exact) mass is 265 g/mol. The Bertz CT molecular complexity index is 441. The topological polar surface area (TPSA) is 32.5 Å². The summed E-state index contributed by atoms with van der Waals surface area (Å²) in [5.41, 5.74) is 7.89. The number of rotatable bonds is 5. The molecule has 1 aromatic rings. The molecule has 0 heterocycles. The number of hydrogen-bond acceptors (Lipinski definition) is 3. The highest BCUT2D eigenvalue weighted by Gasteiger charge is 2.40. The summed E-state index contributed by atoms with van der Waals surface area (Å²) in [6, 6.07) is 4.88. The number of likely N-dealkylation sites (N-methyl/N-ethyl adjacent to an activating group) is 2. The lowest BCUT2D eigenvalue weighted by Crippen LogP contribution is -2.56. The molecule has 1 fully saturated rings. The van der Waals surface area contributed by atoms with Crippen molar-refractivity contribution in [3.8, 4) is 0 Å². The van der Waals surface area contributed by atoms with Crippen molar-refractivity contribution in [1.29, 1.82) is 0 Å². The van der Waals surface area contributed by atoms with Crippen LogP contribution in [-0.2, 0) is 6.54 Å². The number of nitrogens with two attached hydrogens (primary N) is 1. The minimum Gasteiger partial charge on any atom is -0.372 e. The minimum atomic E-state index is -0.219. The van der Waals surface area contributed by atoms with Gasteiger partial charge in [0, 0.05) is 31.4 Å². The quantitative estimate of drug-likeness (QED) is 0.886. The second-order valence-electron chi connectivity index (χ2n) is 5.81. The summed E-state index contributed by atoms with van der Waals surface area (Å²) in [6.45, 7) is 1.32. The van der Waals surface area contributed by atoms with Gasteiger partial charge in [-0.25, -0.2) is 4.39 Å². The van der Waals surface area contributed by atoms with Gasteiger partial charge in [-0.1, -0.05) is 0 Å². The smallest absolute Gasteiger partial charge is 0.123 e. The molecule has 0 spiro atoms. The molecule has 0 atom stereocenters. The van der Waals surface area contributed by atoms with Gasteiger partial charge in [-0.05, 0) is 57.1 Å². The number of anilines is 1. The molecule has 2 rings (SSSR count). The molecule has 0 aromatic heterocycles. The first-order chi connectivity index (χ1) is 8.98. The van der Waals surface area contributed by atoms with Crippen molar-refractivity contribution in [1.82, 2.24) is 4.90 Å². The Morgan fingerprint density at radius 3 is 2.42 bits per heavy atom. The summed E-state index contributed by atoms with van der Waals surface area (Å²) in [7, 11) is 6.35. The average molecular weight is 265 g/mol. The van der Waals surface area contributed by atoms with Gasteiger partial charge < -0.3 is 15.5 Å². The Labute approximate surface area is 115 Å². The minimum absolute atomic E-state index is 0.219. The fourth-order valence-corrected chi connectivity index (χ4v) is 2.95. The summed E-state index contributed by atoms with van der Waals surface area (Å²) in [5, 5.41) is 0. The third kappa shape index (κ3) is 2.74. The van der Waals surface area contributed by atoms with Crippen molar-refractivity contribution in [2.75, 3.05) is 32.6 Å². The van der Waals surface area contributed by atoms with Gasteiger partial charge in [0.15, 0.2) is 0 Å². The lowest BCUT2D eigenvalue weighted by atomic mass is 9.75. The van der Waals surface area contributed by atoms with Crippen LogP contribution in [0.4, 0.5) is 10.1 Å². The molecular formula is C15H24FN3. The third-order valence-corrected chi connectivity index (χ3v) is 4.44. The third-order valence-electron chi connectivity index (χ3n) is 4.44. The summed E-state index contributed by atoms with van der Waals surface area (Å²) in [4.78, 5) is 4.53. The Balaban J connectivity index is 2.18. The first-order valence-electron chi connectivity index (χ1n) is 6.85. The van der Waals surface area contributed by atoms with Crippen LogP contribution >= 0.6 is 0 Å². The molecule has 0 amide bonds. The van der Waals surface area contributed by atoms with Gasteiger partial charge in [-0.3, -0.25) is 0 Å². The van der Waals surface area contributed by atoms with E-state index in [1.165, 1.54) is 31.4 Å². The zero-order valence-corrected chi connectivity index (χ0v) is 12.1. The van der Waals surface area contributed by atoms with Crippen molar-refractivity contribution in [2.45, 2.75) is 31.3 Å². The lowest BCUT2D eigenvalue weighted by molar-refractivity contribution is 0.0683. The number of halogens is 1. The molecule has 106 valence electrons. The maximum absolute atomic E-state index is 13.3. The highest BCUT2D eigenvalue weighted by molar-refractivity contribution is 5.53. The van der Waals surface area contributed by atoms with Crippen LogP contribution in [0.2, 0.25) is 0 Å². The molecule has 1 aliphatic rings. The fraction of sp³-hybridized carbons (Fsp3) is 0.600. The van der Waals surface area contributed by atoms with Crippen molar-refractivity contribution < 1.29 is 4.39 Å². The predicted octanol–water partition coefficient (Wildman–Crippen LogP) is 2.20. The fourth-order valence-electron chi connectivity index (χ4n) is 2.95. The second-order valence-corrected chi connectivity index (χ2v) is 5.81. The van der Waals surface area contributed by atoms with Crippen LogP contribution in [0.15, 0.2) is 18.2 Å². The Kier molecular flexibility index (Phi) is 4.11. The molecule has 4 heteroatoms. The number of benzene rings is 1. The molecule has 1 saturated carbocycles. The van der Waals surface area contributed by atoms with E-state index in [4.69, 9.17) is 5.73 Å². The van der Waals surface area contributed by atoms with E-state index >= 15 is 0 Å². The zero-order valence-electron chi connectivity index (χ0n) is 12.1. The van der Waals surface area contributed by atoms with E-state index in [2.05, 4.69) is 30.9 Å². The van der Waals surface area contributed by atoms with Crippen LogP contribution in [0, 0.1) is 5.82 Å². The van der Waals surface area contributed by atoms with Crippen molar-refractivity contribution in [2.24, 2.45) is 5.73 Å². The van der Waals surface area contributed by atoms with Crippen LogP contribution in [-0.4, -0.2) is 38.1 Å². The van der Waals surface area contributed by atoms with E-state index in [1.54, 1.807) is 0 Å². The molecule has 3 nitrogen and oxygen atoms in total. The summed E-state index contributed by atoms with van der Waals surface area (Å²) >= 11 is 0. The predicted molar refractivity (Wildman–Crippen MR) is 77.8 cm³/mol. The lowest BCUT2D eigenvalue weighted by Gasteiger charge is -2.49. The van der Waals surface area contributed by atoms with E-state index in [0.717, 1.165) is 17.8 Å². The van der Waals surface area contributed by atoms with Gasteiger partial charge >= 0.3 is 0 Å². The summed E-state index contributed by atoms with van der Waals surface area (Å²) in [6.07, 6.45) is 3.74. The largest absolute Gasteiger partial charge is 0.372 e. The van der Waals surface area contributed by atoms with Gasteiger partial charge in [0.05, 0.1) is 0 Å². The first-order valence-corrected chi connectivity index (χ1v) is 6.85. The maximum Gasteiger partial charge on any atom is 0.123 e. The molecule has 0 bridgehead atoms. The molecule has 0 saturated heterocycles. The molecule has 0 unspecified atom stereocenters. The molecule has 1 aliphatic carbocycles. The average Bonchev–Trinajstić information content (AvgIpc) is 2.32. The summed E-state index contributed by atoms with van der Waals surface area (Å²) in [5.74, 6) is -0.219. The standard InChI is InChI=1S/C15H24FN3/c1-18(2)15(7-4-8-15)11-19(3)14-6-5-13(16)9-12(14)10-17/h5-6,9H,4,7-8,10-11,17H2,1-3H3. The normalized spacial score (nSPS) is 17.4. The van der Waals surface area contributed by atoms with Crippen LogP contribution in [0.25, 0.3) is 0 Å². The number of nitrogens with zero attached hydrogens (tertiary/aromatic N) is 2. The zero-order chi connectivity index (χ0) is 14.0. The SMILES string of the molecule is CN(CC1(N(C)C)CCC1)c1ccc(F)cc1CN. The van der Waals surface area contributed by atoms with E-state index in [-0.39, 0.29) is 11.4 Å². The van der Waals surface area contributed by atoms with Gasteiger partial charge in [0.2, 0.25) is 0 Å². The van der Waals surface area contributed by atoms with Crippen molar-refractivity contribution in [3.05, 3.63) is 29.6 Å². The number of hydrogen-bond donors (Lipinski definition) is 1. The van der Waals surface area contributed by atoms with E-state index in [9.17, 15) is 4.39 Å². The Morgan fingerprint density at radius 2 is 1.95 bits per heavy atom. The van der Waals surface area contributed by atoms with Crippen LogP contribution in [0.5, 0.6) is 0 Å².